The van der Waals surface area contributed by atoms with Gasteiger partial charge in [-0.1, -0.05) is 29.8 Å². The molecule has 0 fully saturated rings. The van der Waals surface area contributed by atoms with Crippen molar-refractivity contribution in [2.24, 2.45) is 7.05 Å². The molecule has 0 aliphatic rings. The zero-order valence-electron chi connectivity index (χ0n) is 9.89. The fourth-order valence-corrected chi connectivity index (χ4v) is 1.82. The Bertz CT molecular complexity index is 578. The molecule has 0 aliphatic heterocycles. The highest BCUT2D eigenvalue weighted by Gasteiger charge is 2.13. The number of hydrogen-bond acceptors (Lipinski definition) is 3. The smallest absolute Gasteiger partial charge is 0.355 e. The van der Waals surface area contributed by atoms with Gasteiger partial charge in [0.1, 0.15) is 12.3 Å². The summed E-state index contributed by atoms with van der Waals surface area (Å²) in [5.74, 6) is -0.422. The van der Waals surface area contributed by atoms with Crippen molar-refractivity contribution >= 4 is 23.3 Å². The number of nitrogens with two attached hydrogens (primary N) is 1. The summed E-state index contributed by atoms with van der Waals surface area (Å²) in [6.07, 6.45) is 1.66. The highest BCUT2D eigenvalue weighted by molar-refractivity contribution is 6.31. The maximum absolute atomic E-state index is 11.8. The fraction of sp³-hybridized carbons (Fsp3) is 0.154. The van der Waals surface area contributed by atoms with Gasteiger partial charge in [-0.15, -0.1) is 0 Å². The van der Waals surface area contributed by atoms with E-state index < -0.39 is 5.97 Å². The van der Waals surface area contributed by atoms with Gasteiger partial charge in [-0.05, 0) is 12.1 Å². The minimum Gasteiger partial charge on any atom is -0.456 e. The van der Waals surface area contributed by atoms with Crippen molar-refractivity contribution in [2.45, 2.75) is 6.61 Å². The predicted molar refractivity (Wildman–Crippen MR) is 70.4 cm³/mol. The van der Waals surface area contributed by atoms with Crippen LogP contribution in [0.2, 0.25) is 5.02 Å². The Morgan fingerprint density at radius 1 is 1.44 bits per heavy atom. The maximum Gasteiger partial charge on any atom is 0.355 e. The average Bonchev–Trinajstić information content (AvgIpc) is 2.67. The van der Waals surface area contributed by atoms with Crippen LogP contribution < -0.4 is 5.73 Å². The standard InChI is InChI=1S/C13H13ClN2O2/c1-16-7-10(15)6-12(16)13(17)18-8-9-4-2-3-5-11(9)14/h2-7H,8,15H2,1H3. The lowest BCUT2D eigenvalue weighted by Gasteiger charge is -2.06. The van der Waals surface area contributed by atoms with E-state index in [4.69, 9.17) is 22.1 Å². The molecule has 2 aromatic rings. The van der Waals surface area contributed by atoms with Gasteiger partial charge in [-0.25, -0.2) is 4.79 Å². The molecule has 1 aromatic heterocycles. The second-order valence-electron chi connectivity index (χ2n) is 3.94. The first kappa shape index (κ1) is 12.5. The van der Waals surface area contributed by atoms with E-state index in [9.17, 15) is 4.79 Å². The molecule has 5 heteroatoms. The maximum atomic E-state index is 11.8. The molecular formula is C13H13ClN2O2. The molecule has 0 bridgehead atoms. The Kier molecular flexibility index (Phi) is 3.58. The van der Waals surface area contributed by atoms with Gasteiger partial charge in [0.2, 0.25) is 0 Å². The summed E-state index contributed by atoms with van der Waals surface area (Å²) in [7, 11) is 1.74. The number of carbonyl (C=O) groups is 1. The van der Waals surface area contributed by atoms with Gasteiger partial charge in [0.15, 0.2) is 0 Å². The summed E-state index contributed by atoms with van der Waals surface area (Å²) in [5.41, 5.74) is 7.32. The monoisotopic (exact) mass is 264 g/mol. The van der Waals surface area contributed by atoms with Crippen LogP contribution in [-0.4, -0.2) is 10.5 Å². The van der Waals surface area contributed by atoms with Crippen molar-refractivity contribution in [1.82, 2.24) is 4.57 Å². The van der Waals surface area contributed by atoms with Gasteiger partial charge in [0.25, 0.3) is 0 Å². The number of aryl methyl sites for hydroxylation is 1. The number of ether oxygens (including phenoxy) is 1. The van der Waals surface area contributed by atoms with Crippen LogP contribution in [0.25, 0.3) is 0 Å². The largest absolute Gasteiger partial charge is 0.456 e. The molecule has 0 radical (unpaired) electrons. The highest BCUT2D eigenvalue weighted by atomic mass is 35.5. The molecule has 2 rings (SSSR count). The second kappa shape index (κ2) is 5.14. The quantitative estimate of drug-likeness (QED) is 0.867. The van der Waals surface area contributed by atoms with Crippen LogP contribution in [0.1, 0.15) is 16.1 Å². The van der Waals surface area contributed by atoms with Crippen LogP contribution in [0.5, 0.6) is 0 Å². The molecule has 0 amide bonds. The van der Waals surface area contributed by atoms with E-state index in [0.29, 0.717) is 16.4 Å². The number of rotatable bonds is 3. The van der Waals surface area contributed by atoms with Crippen molar-refractivity contribution in [3.8, 4) is 0 Å². The van der Waals surface area contributed by atoms with Gasteiger partial charge < -0.3 is 15.0 Å². The first-order chi connectivity index (χ1) is 8.58. The van der Waals surface area contributed by atoms with Crippen LogP contribution in [-0.2, 0) is 18.4 Å². The van der Waals surface area contributed by atoms with E-state index in [1.807, 2.05) is 18.2 Å². The Morgan fingerprint density at radius 3 is 2.78 bits per heavy atom. The Balaban J connectivity index is 2.05. The minimum atomic E-state index is -0.422. The van der Waals surface area contributed by atoms with E-state index in [1.54, 1.807) is 29.9 Å². The number of carbonyl (C=O) groups excluding carboxylic acids is 1. The van der Waals surface area contributed by atoms with Gasteiger partial charge in [0, 0.05) is 23.8 Å². The molecule has 94 valence electrons. The highest BCUT2D eigenvalue weighted by Crippen LogP contribution is 2.17. The zero-order chi connectivity index (χ0) is 13.1. The Hall–Kier alpha value is -1.94. The summed E-state index contributed by atoms with van der Waals surface area (Å²) in [5, 5.41) is 0.580. The van der Waals surface area contributed by atoms with E-state index >= 15 is 0 Å². The lowest BCUT2D eigenvalue weighted by molar-refractivity contribution is 0.0461. The lowest BCUT2D eigenvalue weighted by Crippen LogP contribution is -2.09. The Labute approximate surface area is 110 Å². The Morgan fingerprint density at radius 2 is 2.17 bits per heavy atom. The van der Waals surface area contributed by atoms with E-state index in [-0.39, 0.29) is 6.61 Å². The molecular weight excluding hydrogens is 252 g/mol. The molecule has 18 heavy (non-hydrogen) atoms. The van der Waals surface area contributed by atoms with Crippen molar-refractivity contribution in [2.75, 3.05) is 5.73 Å². The van der Waals surface area contributed by atoms with E-state index in [0.717, 1.165) is 5.56 Å². The van der Waals surface area contributed by atoms with Crippen LogP contribution in [0.4, 0.5) is 5.69 Å². The van der Waals surface area contributed by atoms with Gasteiger partial charge in [0.05, 0.1) is 5.69 Å². The molecule has 0 aliphatic carbocycles. The topological polar surface area (TPSA) is 57.2 Å². The van der Waals surface area contributed by atoms with Crippen molar-refractivity contribution in [3.05, 3.63) is 52.8 Å². The van der Waals surface area contributed by atoms with Crippen LogP contribution >= 0.6 is 11.6 Å². The molecule has 0 saturated heterocycles. The van der Waals surface area contributed by atoms with Crippen molar-refractivity contribution in [1.29, 1.82) is 0 Å². The number of nitrogens with zero attached hydrogens (tertiary/aromatic N) is 1. The van der Waals surface area contributed by atoms with Crippen molar-refractivity contribution < 1.29 is 9.53 Å². The van der Waals surface area contributed by atoms with Gasteiger partial charge >= 0.3 is 5.97 Å². The minimum absolute atomic E-state index is 0.142. The molecule has 1 heterocycles. The number of benzene rings is 1. The number of halogens is 1. The van der Waals surface area contributed by atoms with Crippen molar-refractivity contribution in [3.63, 3.8) is 0 Å². The van der Waals surface area contributed by atoms with Crippen LogP contribution in [0.15, 0.2) is 36.5 Å². The third kappa shape index (κ3) is 2.65. The molecule has 0 saturated carbocycles. The number of nitrogen functional groups attached to an aromatic ring is 1. The average molecular weight is 265 g/mol. The molecule has 0 atom stereocenters. The first-order valence-corrected chi connectivity index (χ1v) is 5.78. The van der Waals surface area contributed by atoms with E-state index in [2.05, 4.69) is 0 Å². The van der Waals surface area contributed by atoms with E-state index in [1.165, 1.54) is 0 Å². The van der Waals surface area contributed by atoms with Crippen LogP contribution in [0, 0.1) is 0 Å². The zero-order valence-corrected chi connectivity index (χ0v) is 10.6. The summed E-state index contributed by atoms with van der Waals surface area (Å²) >= 11 is 5.97. The van der Waals surface area contributed by atoms with Gasteiger partial charge in [-0.2, -0.15) is 0 Å². The number of aromatic nitrogens is 1. The molecule has 4 nitrogen and oxygen atoms in total. The summed E-state index contributed by atoms with van der Waals surface area (Å²) < 4.78 is 6.82. The number of anilines is 1. The molecule has 0 spiro atoms. The molecule has 2 N–H and O–H groups in total. The number of esters is 1. The second-order valence-corrected chi connectivity index (χ2v) is 4.34. The first-order valence-electron chi connectivity index (χ1n) is 5.40. The normalized spacial score (nSPS) is 10.3. The predicted octanol–water partition coefficient (Wildman–Crippen LogP) is 2.62. The van der Waals surface area contributed by atoms with Crippen LogP contribution in [0.3, 0.4) is 0 Å². The summed E-state index contributed by atoms with van der Waals surface area (Å²) in [4.78, 5) is 11.8. The third-order valence-electron chi connectivity index (χ3n) is 2.55. The lowest BCUT2D eigenvalue weighted by atomic mass is 10.2. The summed E-state index contributed by atoms with van der Waals surface area (Å²) in [6, 6.07) is 8.82. The third-order valence-corrected chi connectivity index (χ3v) is 2.92. The SMILES string of the molecule is Cn1cc(N)cc1C(=O)OCc1ccccc1Cl. The molecule has 1 aromatic carbocycles. The fourth-order valence-electron chi connectivity index (χ4n) is 1.63. The summed E-state index contributed by atoms with van der Waals surface area (Å²) in [6.45, 7) is 0.142. The molecule has 0 unspecified atom stereocenters. The van der Waals surface area contributed by atoms with Gasteiger partial charge in [-0.3, -0.25) is 0 Å². The number of hydrogen-bond donors (Lipinski definition) is 1.